The van der Waals surface area contributed by atoms with Crippen LogP contribution >= 0.6 is 0 Å². The third-order valence-electron chi connectivity index (χ3n) is 3.12. The molecule has 1 saturated heterocycles. The van der Waals surface area contributed by atoms with E-state index in [0.29, 0.717) is 6.04 Å². The molecule has 1 heterocycles. The number of likely N-dealkylation sites (N-methyl/N-ethyl adjacent to an activating group) is 1. The summed E-state index contributed by atoms with van der Waals surface area (Å²) in [6.07, 6.45) is 3.77. The SMILES string of the molecule is COC(=O)C(C)N(C)CC1CCCCN1. The van der Waals surface area contributed by atoms with E-state index in [1.54, 1.807) is 0 Å². The highest BCUT2D eigenvalue weighted by atomic mass is 16.5. The smallest absolute Gasteiger partial charge is 0.322 e. The molecule has 1 fully saturated rings. The van der Waals surface area contributed by atoms with Crippen LogP contribution in [0.1, 0.15) is 26.2 Å². The summed E-state index contributed by atoms with van der Waals surface area (Å²) in [4.78, 5) is 13.4. The quantitative estimate of drug-likeness (QED) is 0.697. The number of nitrogens with zero attached hydrogens (tertiary/aromatic N) is 1. The van der Waals surface area contributed by atoms with E-state index in [4.69, 9.17) is 4.74 Å². The minimum absolute atomic E-state index is 0.154. The van der Waals surface area contributed by atoms with E-state index in [1.165, 1.54) is 26.4 Å². The molecule has 0 aromatic heterocycles. The van der Waals surface area contributed by atoms with Crippen molar-refractivity contribution in [2.24, 2.45) is 0 Å². The number of carbonyl (C=O) groups excluding carboxylic acids is 1. The first kappa shape index (κ1) is 12.5. The molecular formula is C11H22N2O2. The van der Waals surface area contributed by atoms with Gasteiger partial charge in [0.2, 0.25) is 0 Å². The summed E-state index contributed by atoms with van der Waals surface area (Å²) in [5.74, 6) is -0.159. The van der Waals surface area contributed by atoms with Crippen molar-refractivity contribution in [1.82, 2.24) is 10.2 Å². The number of hydrogen-bond donors (Lipinski definition) is 1. The van der Waals surface area contributed by atoms with Gasteiger partial charge in [-0.3, -0.25) is 9.69 Å². The molecule has 0 aliphatic carbocycles. The molecule has 0 aromatic rings. The molecule has 1 aliphatic heterocycles. The van der Waals surface area contributed by atoms with Crippen molar-refractivity contribution in [3.05, 3.63) is 0 Å². The van der Waals surface area contributed by atoms with Crippen molar-refractivity contribution < 1.29 is 9.53 Å². The number of piperidine rings is 1. The maximum atomic E-state index is 11.3. The lowest BCUT2D eigenvalue weighted by atomic mass is 10.0. The zero-order valence-electron chi connectivity index (χ0n) is 9.95. The fourth-order valence-corrected chi connectivity index (χ4v) is 1.94. The molecule has 2 unspecified atom stereocenters. The lowest BCUT2D eigenvalue weighted by Gasteiger charge is -2.30. The third kappa shape index (κ3) is 3.80. The minimum atomic E-state index is -0.159. The van der Waals surface area contributed by atoms with Crippen molar-refractivity contribution in [2.45, 2.75) is 38.3 Å². The van der Waals surface area contributed by atoms with Crippen LogP contribution in [0.15, 0.2) is 0 Å². The molecule has 1 N–H and O–H groups in total. The van der Waals surface area contributed by atoms with Gasteiger partial charge < -0.3 is 10.1 Å². The molecule has 15 heavy (non-hydrogen) atoms. The summed E-state index contributed by atoms with van der Waals surface area (Å²) in [6, 6.07) is 0.370. The zero-order valence-corrected chi connectivity index (χ0v) is 9.95. The van der Waals surface area contributed by atoms with E-state index < -0.39 is 0 Å². The number of nitrogens with one attached hydrogen (secondary N) is 1. The Labute approximate surface area is 92.0 Å². The van der Waals surface area contributed by atoms with Gasteiger partial charge in [-0.05, 0) is 33.4 Å². The van der Waals surface area contributed by atoms with E-state index in [-0.39, 0.29) is 12.0 Å². The predicted octanol–water partition coefficient (Wildman–Crippen LogP) is 0.622. The van der Waals surface area contributed by atoms with E-state index >= 15 is 0 Å². The Morgan fingerprint density at radius 1 is 1.60 bits per heavy atom. The predicted molar refractivity (Wildman–Crippen MR) is 59.7 cm³/mol. The average molecular weight is 214 g/mol. The van der Waals surface area contributed by atoms with E-state index in [0.717, 1.165) is 13.1 Å². The van der Waals surface area contributed by atoms with Crippen molar-refractivity contribution in [3.63, 3.8) is 0 Å². The largest absolute Gasteiger partial charge is 0.468 e. The van der Waals surface area contributed by atoms with Crippen LogP contribution in [-0.4, -0.2) is 50.2 Å². The Balaban J connectivity index is 2.32. The zero-order chi connectivity index (χ0) is 11.3. The van der Waals surface area contributed by atoms with Crippen molar-refractivity contribution in [2.75, 3.05) is 27.2 Å². The first-order valence-corrected chi connectivity index (χ1v) is 5.66. The van der Waals surface area contributed by atoms with Crippen molar-refractivity contribution >= 4 is 5.97 Å². The Hall–Kier alpha value is -0.610. The second-order valence-electron chi connectivity index (χ2n) is 4.29. The molecule has 88 valence electrons. The minimum Gasteiger partial charge on any atom is -0.468 e. The molecule has 1 rings (SSSR count). The van der Waals surface area contributed by atoms with Gasteiger partial charge in [-0.2, -0.15) is 0 Å². The molecule has 1 aliphatic rings. The number of hydrogen-bond acceptors (Lipinski definition) is 4. The van der Waals surface area contributed by atoms with Gasteiger partial charge in [0.25, 0.3) is 0 Å². The lowest BCUT2D eigenvalue weighted by molar-refractivity contribution is -0.145. The molecule has 0 spiro atoms. The van der Waals surface area contributed by atoms with Gasteiger partial charge in [-0.25, -0.2) is 0 Å². The highest BCUT2D eigenvalue weighted by Crippen LogP contribution is 2.09. The van der Waals surface area contributed by atoms with Crippen LogP contribution in [0.25, 0.3) is 0 Å². The summed E-state index contributed by atoms with van der Waals surface area (Å²) >= 11 is 0. The first-order chi connectivity index (χ1) is 7.15. The third-order valence-corrected chi connectivity index (χ3v) is 3.12. The molecule has 2 atom stereocenters. The number of methoxy groups -OCH3 is 1. The summed E-state index contributed by atoms with van der Waals surface area (Å²) in [5.41, 5.74) is 0. The Morgan fingerprint density at radius 3 is 2.87 bits per heavy atom. The van der Waals surface area contributed by atoms with Gasteiger partial charge in [0.15, 0.2) is 0 Å². The molecule has 4 nitrogen and oxygen atoms in total. The van der Waals surface area contributed by atoms with Crippen molar-refractivity contribution in [1.29, 1.82) is 0 Å². The standard InChI is InChI=1S/C11H22N2O2/c1-9(11(14)15-3)13(2)8-10-6-4-5-7-12-10/h9-10,12H,4-8H2,1-3H3. The van der Waals surface area contributed by atoms with Crippen LogP contribution in [0, 0.1) is 0 Å². The van der Waals surface area contributed by atoms with E-state index in [2.05, 4.69) is 10.2 Å². The second-order valence-corrected chi connectivity index (χ2v) is 4.29. The number of esters is 1. The van der Waals surface area contributed by atoms with Gasteiger partial charge in [0.1, 0.15) is 6.04 Å². The molecule has 0 aromatic carbocycles. The summed E-state index contributed by atoms with van der Waals surface area (Å²) in [7, 11) is 3.41. The number of ether oxygens (including phenoxy) is 1. The number of rotatable bonds is 4. The highest BCUT2D eigenvalue weighted by molar-refractivity contribution is 5.75. The van der Waals surface area contributed by atoms with Crippen LogP contribution in [-0.2, 0) is 9.53 Å². The van der Waals surface area contributed by atoms with Gasteiger partial charge in [0.05, 0.1) is 7.11 Å². The van der Waals surface area contributed by atoms with Crippen molar-refractivity contribution in [3.8, 4) is 0 Å². The monoisotopic (exact) mass is 214 g/mol. The van der Waals surface area contributed by atoms with Gasteiger partial charge in [-0.1, -0.05) is 6.42 Å². The second kappa shape index (κ2) is 6.08. The molecule has 0 amide bonds. The van der Waals surface area contributed by atoms with Crippen LogP contribution in [0.5, 0.6) is 0 Å². The van der Waals surface area contributed by atoms with Crippen LogP contribution < -0.4 is 5.32 Å². The maximum Gasteiger partial charge on any atom is 0.322 e. The Bertz CT molecular complexity index is 203. The van der Waals surface area contributed by atoms with E-state index in [9.17, 15) is 4.79 Å². The van der Waals surface area contributed by atoms with Crippen LogP contribution in [0.2, 0.25) is 0 Å². The summed E-state index contributed by atoms with van der Waals surface area (Å²) in [5, 5.41) is 3.47. The fraction of sp³-hybridized carbons (Fsp3) is 0.909. The first-order valence-electron chi connectivity index (χ1n) is 5.66. The topological polar surface area (TPSA) is 41.6 Å². The van der Waals surface area contributed by atoms with E-state index in [1.807, 2.05) is 14.0 Å². The van der Waals surface area contributed by atoms with Crippen LogP contribution in [0.4, 0.5) is 0 Å². The maximum absolute atomic E-state index is 11.3. The number of carbonyl (C=O) groups is 1. The summed E-state index contributed by atoms with van der Waals surface area (Å²) < 4.78 is 4.72. The molecular weight excluding hydrogens is 192 g/mol. The highest BCUT2D eigenvalue weighted by Gasteiger charge is 2.22. The summed E-state index contributed by atoms with van der Waals surface area (Å²) in [6.45, 7) is 3.90. The average Bonchev–Trinajstić information content (AvgIpc) is 2.28. The normalized spacial score (nSPS) is 23.9. The molecule has 0 radical (unpaired) electrons. The Morgan fingerprint density at radius 2 is 2.33 bits per heavy atom. The fourth-order valence-electron chi connectivity index (χ4n) is 1.94. The van der Waals surface area contributed by atoms with Crippen LogP contribution in [0.3, 0.4) is 0 Å². The Kier molecular flexibility index (Phi) is 5.05. The lowest BCUT2D eigenvalue weighted by Crippen LogP contribution is -2.47. The molecule has 4 heteroatoms. The molecule has 0 saturated carbocycles. The van der Waals surface area contributed by atoms with Gasteiger partial charge in [-0.15, -0.1) is 0 Å². The van der Waals surface area contributed by atoms with Gasteiger partial charge >= 0.3 is 5.97 Å². The van der Waals surface area contributed by atoms with Gasteiger partial charge in [0, 0.05) is 12.6 Å². The molecule has 0 bridgehead atoms.